The molecule has 0 aliphatic rings. The van der Waals surface area contributed by atoms with Gasteiger partial charge in [-0.1, -0.05) is 29.3 Å². The van der Waals surface area contributed by atoms with Crippen molar-refractivity contribution in [3.8, 4) is 5.75 Å². The monoisotopic (exact) mass is 296 g/mol. The summed E-state index contributed by atoms with van der Waals surface area (Å²) in [6, 6.07) is 10.8. The lowest BCUT2D eigenvalue weighted by Gasteiger charge is -2.13. The van der Waals surface area contributed by atoms with E-state index in [0.29, 0.717) is 22.3 Å². The summed E-state index contributed by atoms with van der Waals surface area (Å²) in [5.74, 6) is 0.720. The van der Waals surface area contributed by atoms with E-state index in [1.807, 2.05) is 18.2 Å². The lowest BCUT2D eigenvalue weighted by molar-refractivity contribution is 0.416. The lowest BCUT2D eigenvalue weighted by atomic mass is 10.2. The van der Waals surface area contributed by atoms with Crippen LogP contribution in [0.2, 0.25) is 10.0 Å². The predicted molar refractivity (Wildman–Crippen MR) is 81.2 cm³/mol. The van der Waals surface area contributed by atoms with Crippen LogP contribution in [0.5, 0.6) is 5.75 Å². The van der Waals surface area contributed by atoms with Gasteiger partial charge >= 0.3 is 0 Å². The molecule has 0 saturated carbocycles. The number of ether oxygens (including phenoxy) is 1. The Bertz CT molecular complexity index is 567. The highest BCUT2D eigenvalue weighted by Crippen LogP contribution is 2.29. The Morgan fingerprint density at radius 1 is 1.16 bits per heavy atom. The van der Waals surface area contributed by atoms with Gasteiger partial charge in [0.2, 0.25) is 0 Å². The maximum absolute atomic E-state index is 6.12. The number of nitrogens with one attached hydrogen (secondary N) is 1. The van der Waals surface area contributed by atoms with E-state index in [4.69, 9.17) is 33.7 Å². The topological polar surface area (TPSA) is 47.3 Å². The maximum atomic E-state index is 6.12. The zero-order chi connectivity index (χ0) is 13.8. The van der Waals surface area contributed by atoms with Crippen LogP contribution < -0.4 is 15.8 Å². The van der Waals surface area contributed by atoms with Gasteiger partial charge in [0, 0.05) is 27.8 Å². The first-order chi connectivity index (χ1) is 9.11. The number of methoxy groups -OCH3 is 1. The van der Waals surface area contributed by atoms with Crippen LogP contribution in [0.4, 0.5) is 11.4 Å². The molecule has 2 aromatic rings. The van der Waals surface area contributed by atoms with Gasteiger partial charge in [-0.25, -0.2) is 0 Å². The zero-order valence-electron chi connectivity index (χ0n) is 10.4. The highest BCUT2D eigenvalue weighted by molar-refractivity contribution is 6.36. The Kier molecular flexibility index (Phi) is 4.40. The highest BCUT2D eigenvalue weighted by atomic mass is 35.5. The molecule has 0 radical (unpaired) electrons. The van der Waals surface area contributed by atoms with Crippen LogP contribution >= 0.6 is 23.2 Å². The van der Waals surface area contributed by atoms with Crippen molar-refractivity contribution in [2.24, 2.45) is 0 Å². The molecule has 5 heteroatoms. The van der Waals surface area contributed by atoms with Crippen molar-refractivity contribution in [1.82, 2.24) is 0 Å². The fraction of sp³-hybridized carbons (Fsp3) is 0.143. The average Bonchev–Trinajstić information content (AvgIpc) is 2.38. The molecule has 0 atom stereocenters. The first-order valence-corrected chi connectivity index (χ1v) is 6.47. The molecule has 0 fully saturated rings. The number of benzene rings is 2. The maximum Gasteiger partial charge on any atom is 0.142 e. The summed E-state index contributed by atoms with van der Waals surface area (Å²) in [7, 11) is 1.61. The quantitative estimate of drug-likeness (QED) is 0.832. The van der Waals surface area contributed by atoms with Crippen LogP contribution in [-0.4, -0.2) is 7.11 Å². The number of hydrogen-bond donors (Lipinski definition) is 2. The minimum atomic E-state index is 0.498. The molecule has 19 heavy (non-hydrogen) atoms. The van der Waals surface area contributed by atoms with Crippen molar-refractivity contribution in [3.63, 3.8) is 0 Å². The summed E-state index contributed by atoms with van der Waals surface area (Å²) in [6.07, 6.45) is 0. The summed E-state index contributed by atoms with van der Waals surface area (Å²) in [5.41, 5.74) is 8.07. The van der Waals surface area contributed by atoms with Crippen molar-refractivity contribution in [1.29, 1.82) is 0 Å². The Hall–Kier alpha value is -1.58. The van der Waals surface area contributed by atoms with E-state index in [2.05, 4.69) is 5.32 Å². The van der Waals surface area contributed by atoms with Crippen LogP contribution in [0, 0.1) is 0 Å². The molecule has 3 N–H and O–H groups in total. The number of hydrogen-bond acceptors (Lipinski definition) is 3. The van der Waals surface area contributed by atoms with Crippen LogP contribution in [0.25, 0.3) is 0 Å². The second-order valence-electron chi connectivity index (χ2n) is 4.01. The largest absolute Gasteiger partial charge is 0.495 e. The fourth-order valence-electron chi connectivity index (χ4n) is 1.75. The predicted octanol–water partition coefficient (Wildman–Crippen LogP) is 4.20. The lowest BCUT2D eigenvalue weighted by Crippen LogP contribution is -2.03. The molecule has 2 rings (SSSR count). The minimum Gasteiger partial charge on any atom is -0.495 e. The number of anilines is 2. The molecule has 0 amide bonds. The zero-order valence-corrected chi connectivity index (χ0v) is 11.9. The first kappa shape index (κ1) is 13.8. The van der Waals surface area contributed by atoms with Gasteiger partial charge < -0.3 is 15.8 Å². The van der Waals surface area contributed by atoms with Crippen molar-refractivity contribution in [3.05, 3.63) is 52.0 Å². The van der Waals surface area contributed by atoms with Gasteiger partial charge in [0.25, 0.3) is 0 Å². The minimum absolute atomic E-state index is 0.498. The van der Waals surface area contributed by atoms with Gasteiger partial charge in [0.15, 0.2) is 0 Å². The smallest absolute Gasteiger partial charge is 0.142 e. The fourth-order valence-corrected chi connectivity index (χ4v) is 2.28. The van der Waals surface area contributed by atoms with Crippen LogP contribution in [0.15, 0.2) is 36.4 Å². The summed E-state index contributed by atoms with van der Waals surface area (Å²) in [5, 5.41) is 4.48. The third kappa shape index (κ3) is 3.25. The number of nitrogen functional groups attached to an aromatic ring is 1. The van der Waals surface area contributed by atoms with E-state index in [9.17, 15) is 0 Å². The molecule has 100 valence electrons. The molecule has 0 bridgehead atoms. The van der Waals surface area contributed by atoms with E-state index in [1.54, 1.807) is 25.3 Å². The summed E-state index contributed by atoms with van der Waals surface area (Å²) in [4.78, 5) is 0. The Morgan fingerprint density at radius 3 is 2.47 bits per heavy atom. The van der Waals surface area contributed by atoms with Gasteiger partial charge in [0.1, 0.15) is 5.75 Å². The van der Waals surface area contributed by atoms with Crippen LogP contribution in [-0.2, 0) is 6.54 Å². The van der Waals surface area contributed by atoms with Gasteiger partial charge in [-0.3, -0.25) is 0 Å². The normalized spacial score (nSPS) is 10.3. The van der Waals surface area contributed by atoms with E-state index in [-0.39, 0.29) is 0 Å². The number of nitrogens with two attached hydrogens (primary N) is 1. The van der Waals surface area contributed by atoms with E-state index >= 15 is 0 Å². The summed E-state index contributed by atoms with van der Waals surface area (Å²) < 4.78 is 5.27. The molecule has 2 aromatic carbocycles. The molecular formula is C14H14Cl2N2O. The van der Waals surface area contributed by atoms with Crippen LogP contribution in [0.1, 0.15) is 5.56 Å². The van der Waals surface area contributed by atoms with E-state index in [0.717, 1.165) is 17.0 Å². The van der Waals surface area contributed by atoms with Gasteiger partial charge in [-0.2, -0.15) is 0 Å². The summed E-state index contributed by atoms with van der Waals surface area (Å²) >= 11 is 12.2. The molecular weight excluding hydrogens is 283 g/mol. The molecule has 0 aliphatic carbocycles. The number of halogens is 2. The Morgan fingerprint density at radius 2 is 1.84 bits per heavy atom. The summed E-state index contributed by atoms with van der Waals surface area (Å²) in [6.45, 7) is 0.498. The first-order valence-electron chi connectivity index (χ1n) is 5.72. The second-order valence-corrected chi connectivity index (χ2v) is 4.83. The van der Waals surface area contributed by atoms with Gasteiger partial charge in [0.05, 0.1) is 12.8 Å². The molecule has 0 aliphatic heterocycles. The van der Waals surface area contributed by atoms with E-state index < -0.39 is 0 Å². The van der Waals surface area contributed by atoms with Crippen molar-refractivity contribution >= 4 is 34.6 Å². The van der Waals surface area contributed by atoms with Crippen molar-refractivity contribution in [2.75, 3.05) is 18.2 Å². The van der Waals surface area contributed by atoms with Crippen molar-refractivity contribution in [2.45, 2.75) is 6.54 Å². The molecule has 0 aromatic heterocycles. The molecule has 3 nitrogen and oxygen atoms in total. The second kappa shape index (κ2) is 6.04. The Labute approximate surface area is 122 Å². The molecule has 0 saturated heterocycles. The average molecular weight is 297 g/mol. The number of rotatable bonds is 4. The molecule has 0 unspecified atom stereocenters. The Balaban J connectivity index is 2.21. The molecule has 0 heterocycles. The third-order valence-electron chi connectivity index (χ3n) is 2.74. The SMILES string of the molecule is COc1ccc(N)cc1NCc1c(Cl)cccc1Cl. The standard InChI is InChI=1S/C14H14Cl2N2O/c1-19-14-6-5-9(17)7-13(14)18-8-10-11(15)3-2-4-12(10)16/h2-7,18H,8,17H2,1H3. The van der Waals surface area contributed by atoms with Crippen molar-refractivity contribution < 1.29 is 4.74 Å². The van der Waals surface area contributed by atoms with Crippen LogP contribution in [0.3, 0.4) is 0 Å². The van der Waals surface area contributed by atoms with Gasteiger partial charge in [-0.15, -0.1) is 0 Å². The highest BCUT2D eigenvalue weighted by Gasteiger charge is 2.07. The molecule has 0 spiro atoms. The third-order valence-corrected chi connectivity index (χ3v) is 3.45. The van der Waals surface area contributed by atoms with E-state index in [1.165, 1.54) is 0 Å². The van der Waals surface area contributed by atoms with Gasteiger partial charge in [-0.05, 0) is 30.3 Å².